The number of esters is 1. The van der Waals surface area contributed by atoms with Crippen LogP contribution in [0.5, 0.6) is 0 Å². The van der Waals surface area contributed by atoms with E-state index < -0.39 is 20.0 Å². The van der Waals surface area contributed by atoms with Gasteiger partial charge in [-0.1, -0.05) is 252 Å². The van der Waals surface area contributed by atoms with Crippen molar-refractivity contribution in [3.63, 3.8) is 0 Å². The number of rotatable bonds is 52. The third-order valence-corrected chi connectivity index (χ3v) is 14.0. The first kappa shape index (κ1) is 64.8. The van der Waals surface area contributed by atoms with E-state index in [-0.39, 0.29) is 25.1 Å². The summed E-state index contributed by atoms with van der Waals surface area (Å²) in [5.41, 5.74) is 0. The van der Waals surface area contributed by atoms with Crippen LogP contribution >= 0.6 is 7.82 Å². The third kappa shape index (κ3) is 47.8. The van der Waals surface area contributed by atoms with Crippen molar-refractivity contribution in [1.82, 2.24) is 5.32 Å². The second-order valence-corrected chi connectivity index (χ2v) is 22.3. The van der Waals surface area contributed by atoms with Gasteiger partial charge in [0.2, 0.25) is 5.91 Å². The lowest BCUT2D eigenvalue weighted by Gasteiger charge is -2.27. The molecule has 0 radical (unpaired) electrons. The number of phosphoric acid groups is 1. The zero-order valence-corrected chi connectivity index (χ0v) is 45.6. The first-order valence-electron chi connectivity index (χ1n) is 28.5. The number of carbonyl (C=O) groups excluding carboxylic acids is 2. The highest BCUT2D eigenvalue weighted by Crippen LogP contribution is 2.43. The second kappa shape index (κ2) is 47.4. The number of hydrogen-bond donors (Lipinski definition) is 2. The van der Waals surface area contributed by atoms with Crippen molar-refractivity contribution in [2.24, 2.45) is 0 Å². The van der Waals surface area contributed by atoms with Gasteiger partial charge in [-0.25, -0.2) is 4.57 Å². The molecule has 1 amide bonds. The van der Waals surface area contributed by atoms with E-state index >= 15 is 0 Å². The fourth-order valence-corrected chi connectivity index (χ4v) is 9.27. The number of carbonyl (C=O) groups is 2. The van der Waals surface area contributed by atoms with Crippen LogP contribution < -0.4 is 5.32 Å². The van der Waals surface area contributed by atoms with E-state index in [4.69, 9.17) is 13.8 Å². The number of allylic oxidation sites excluding steroid dienone is 1. The van der Waals surface area contributed by atoms with Gasteiger partial charge in [-0.3, -0.25) is 18.6 Å². The molecule has 0 aliphatic carbocycles. The molecule has 0 heterocycles. The van der Waals surface area contributed by atoms with Gasteiger partial charge in [0.25, 0.3) is 0 Å². The Labute approximate surface area is 410 Å². The number of hydrogen-bond acceptors (Lipinski definition) is 6. The van der Waals surface area contributed by atoms with Crippen LogP contribution in [0.15, 0.2) is 12.2 Å². The van der Waals surface area contributed by atoms with Crippen LogP contribution in [0.25, 0.3) is 0 Å². The number of quaternary nitrogens is 1. The smallest absolute Gasteiger partial charge is 0.456 e. The van der Waals surface area contributed by atoms with Gasteiger partial charge in [0, 0.05) is 12.8 Å². The van der Waals surface area contributed by atoms with Gasteiger partial charge >= 0.3 is 13.8 Å². The topological polar surface area (TPSA) is 111 Å². The normalized spacial score (nSPS) is 13.9. The maximum atomic E-state index is 13.5. The SMILES string of the molecule is CCCCCCCCCCC/C=C/C(OC(=O)CCCCCCCCCCCCCCCC)C(COP(=O)(O)OCC[N+](C)(C)C)NC(=O)CCCCCCCCCCCCCCCCC. The minimum absolute atomic E-state index is 0.0454. The van der Waals surface area contributed by atoms with Crippen LogP contribution in [-0.4, -0.2) is 74.3 Å². The van der Waals surface area contributed by atoms with E-state index in [1.165, 1.54) is 193 Å². The average Bonchev–Trinajstić information content (AvgIpc) is 3.27. The monoisotopic (exact) mass is 956 g/mol. The molecule has 0 aliphatic heterocycles. The second-order valence-electron chi connectivity index (χ2n) is 20.8. The van der Waals surface area contributed by atoms with Gasteiger partial charge < -0.3 is 19.4 Å². The summed E-state index contributed by atoms with van der Waals surface area (Å²) < 4.78 is 30.6. The molecule has 10 heteroatoms. The van der Waals surface area contributed by atoms with E-state index in [2.05, 4.69) is 26.1 Å². The maximum absolute atomic E-state index is 13.5. The number of nitrogens with zero attached hydrogens (tertiary/aromatic N) is 1. The number of unbranched alkanes of at least 4 members (excludes halogenated alkanes) is 36. The molecule has 0 saturated carbocycles. The molecule has 0 spiro atoms. The highest BCUT2D eigenvalue weighted by molar-refractivity contribution is 7.47. The Kier molecular flexibility index (Phi) is 46.5. The van der Waals surface area contributed by atoms with E-state index in [0.29, 0.717) is 23.9 Å². The quantitative estimate of drug-likeness (QED) is 0.0205. The van der Waals surface area contributed by atoms with Gasteiger partial charge in [0.1, 0.15) is 19.3 Å². The first-order valence-corrected chi connectivity index (χ1v) is 30.0. The number of ether oxygens (including phenoxy) is 1. The van der Waals surface area contributed by atoms with Gasteiger partial charge in [-0.05, 0) is 31.8 Å². The van der Waals surface area contributed by atoms with E-state index in [1.54, 1.807) is 0 Å². The fourth-order valence-electron chi connectivity index (χ4n) is 8.53. The van der Waals surface area contributed by atoms with Crippen molar-refractivity contribution >= 4 is 19.7 Å². The fraction of sp³-hybridized carbons (Fsp3) is 0.929. The summed E-state index contributed by atoms with van der Waals surface area (Å²) in [5, 5.41) is 3.05. The van der Waals surface area contributed by atoms with Gasteiger partial charge in [-0.15, -0.1) is 0 Å². The molecule has 0 aliphatic rings. The molecule has 2 N–H and O–H groups in total. The van der Waals surface area contributed by atoms with Crippen molar-refractivity contribution in [1.29, 1.82) is 0 Å². The van der Waals surface area contributed by atoms with Gasteiger partial charge in [0.15, 0.2) is 0 Å². The lowest BCUT2D eigenvalue weighted by molar-refractivity contribution is -0.870. The van der Waals surface area contributed by atoms with Gasteiger partial charge in [-0.2, -0.15) is 0 Å². The minimum atomic E-state index is -4.43. The highest BCUT2D eigenvalue weighted by Gasteiger charge is 2.30. The molecule has 392 valence electrons. The molecule has 9 nitrogen and oxygen atoms in total. The molecule has 0 aromatic heterocycles. The van der Waals surface area contributed by atoms with Crippen LogP contribution in [0.2, 0.25) is 0 Å². The molecule has 0 aromatic carbocycles. The molecule has 0 saturated heterocycles. The van der Waals surface area contributed by atoms with Crippen molar-refractivity contribution in [2.45, 2.75) is 296 Å². The number of likely N-dealkylation sites (N-methyl/N-ethyl adjacent to an activating group) is 1. The van der Waals surface area contributed by atoms with Crippen LogP contribution in [0, 0.1) is 0 Å². The summed E-state index contributed by atoms with van der Waals surface area (Å²) in [7, 11) is 1.51. The standard InChI is InChI=1S/C56H111N2O7P/c1-7-10-13-16-19-22-25-27-29-30-33-36-39-42-45-48-55(59)57-53(52-64-66(61,62)63-51-50-58(4,5)6)54(47-44-41-38-35-32-24-21-18-15-12-9-3)65-56(60)49-46-43-40-37-34-31-28-26-23-20-17-14-11-8-2/h44,47,53-54H,7-43,45-46,48-52H2,1-6H3,(H-,57,59,61,62)/p+1/b47-44+. The summed E-state index contributed by atoms with van der Waals surface area (Å²) in [5.74, 6) is -0.489. The average molecular weight is 956 g/mol. The third-order valence-electron chi connectivity index (χ3n) is 13.0. The molecule has 3 atom stereocenters. The molecule has 0 fully saturated rings. The minimum Gasteiger partial charge on any atom is -0.456 e. The van der Waals surface area contributed by atoms with Crippen LogP contribution in [0.4, 0.5) is 0 Å². The molecular formula is C56H112N2O7P+. The summed E-state index contributed by atoms with van der Waals surface area (Å²) in [4.78, 5) is 37.5. The summed E-state index contributed by atoms with van der Waals surface area (Å²) >= 11 is 0. The molecule has 0 aromatic rings. The van der Waals surface area contributed by atoms with Gasteiger partial charge in [0.05, 0.1) is 33.8 Å². The Morgan fingerprint density at radius 1 is 0.515 bits per heavy atom. The molecule has 3 unspecified atom stereocenters. The van der Waals surface area contributed by atoms with Crippen molar-refractivity contribution in [2.75, 3.05) is 40.9 Å². The maximum Gasteiger partial charge on any atom is 0.472 e. The Morgan fingerprint density at radius 3 is 1.24 bits per heavy atom. The highest BCUT2D eigenvalue weighted by atomic mass is 31.2. The summed E-state index contributed by atoms with van der Waals surface area (Å²) in [6.45, 7) is 7.04. The van der Waals surface area contributed by atoms with Crippen molar-refractivity contribution < 1.29 is 37.3 Å². The molecule has 0 rings (SSSR count). The predicted molar refractivity (Wildman–Crippen MR) is 282 cm³/mol. The number of nitrogens with one attached hydrogen (secondary N) is 1. The number of phosphoric ester groups is 1. The van der Waals surface area contributed by atoms with E-state index in [1.807, 2.05) is 33.3 Å². The zero-order valence-electron chi connectivity index (χ0n) is 44.7. The Morgan fingerprint density at radius 2 is 0.864 bits per heavy atom. The Bertz CT molecular complexity index is 1150. The first-order chi connectivity index (χ1) is 31.9. The van der Waals surface area contributed by atoms with Crippen LogP contribution in [0.3, 0.4) is 0 Å². The Balaban J connectivity index is 5.30. The molecule has 66 heavy (non-hydrogen) atoms. The lowest BCUT2D eigenvalue weighted by atomic mass is 10.0. The van der Waals surface area contributed by atoms with E-state index in [0.717, 1.165) is 57.8 Å². The molecular weight excluding hydrogens is 844 g/mol. The van der Waals surface area contributed by atoms with Crippen molar-refractivity contribution in [3.8, 4) is 0 Å². The number of amides is 1. The summed E-state index contributed by atoms with van der Waals surface area (Å²) in [6, 6.07) is -0.837. The van der Waals surface area contributed by atoms with E-state index in [9.17, 15) is 19.0 Å². The predicted octanol–water partition coefficient (Wildman–Crippen LogP) is 16.8. The summed E-state index contributed by atoms with van der Waals surface area (Å²) in [6.07, 6.45) is 51.9. The van der Waals surface area contributed by atoms with Crippen molar-refractivity contribution in [3.05, 3.63) is 12.2 Å². The van der Waals surface area contributed by atoms with Crippen LogP contribution in [-0.2, 0) is 27.9 Å². The zero-order chi connectivity index (χ0) is 48.7. The lowest BCUT2D eigenvalue weighted by Crippen LogP contribution is -2.47. The van der Waals surface area contributed by atoms with Crippen LogP contribution in [0.1, 0.15) is 284 Å². The largest absolute Gasteiger partial charge is 0.472 e. The molecule has 0 bridgehead atoms. The Hall–Kier alpha value is -1.25.